The summed E-state index contributed by atoms with van der Waals surface area (Å²) in [4.78, 5) is 25.9. The molecule has 130 valence electrons. The number of amides is 1. The molecular weight excluding hydrogens is 336 g/mol. The van der Waals surface area contributed by atoms with Crippen molar-refractivity contribution in [2.45, 2.75) is 32.4 Å². The molecule has 2 aromatic heterocycles. The van der Waals surface area contributed by atoms with Gasteiger partial charge in [0.15, 0.2) is 0 Å². The highest BCUT2D eigenvalue weighted by molar-refractivity contribution is 7.21. The third-order valence-electron chi connectivity index (χ3n) is 4.70. The maximum Gasteiger partial charge on any atom is 0.261 e. The Morgan fingerprint density at radius 2 is 2.20 bits per heavy atom. The number of carbonyl (C=O) groups is 1. The third kappa shape index (κ3) is 2.85. The number of aromatic nitrogens is 1. The van der Waals surface area contributed by atoms with Crippen molar-refractivity contribution < 1.29 is 9.53 Å². The van der Waals surface area contributed by atoms with Crippen molar-refractivity contribution in [1.82, 2.24) is 9.88 Å². The Bertz CT molecular complexity index is 999. The number of hydrogen-bond donors (Lipinski definition) is 1. The number of aryl methyl sites for hydroxylation is 1. The maximum atomic E-state index is 12.8. The van der Waals surface area contributed by atoms with Crippen molar-refractivity contribution in [2.75, 3.05) is 13.2 Å². The molecule has 1 amide bonds. The van der Waals surface area contributed by atoms with Gasteiger partial charge < -0.3 is 14.6 Å². The molecule has 4 rings (SSSR count). The van der Waals surface area contributed by atoms with Crippen LogP contribution in [0.25, 0.3) is 21.0 Å². The van der Waals surface area contributed by atoms with E-state index < -0.39 is 0 Å². The summed E-state index contributed by atoms with van der Waals surface area (Å²) in [5, 5.41) is 4.57. The lowest BCUT2D eigenvalue weighted by Crippen LogP contribution is -2.31. The summed E-state index contributed by atoms with van der Waals surface area (Å²) in [6.45, 7) is 3.85. The minimum Gasteiger partial charge on any atom is -0.376 e. The van der Waals surface area contributed by atoms with Crippen LogP contribution < -0.4 is 10.9 Å². The van der Waals surface area contributed by atoms with E-state index in [1.807, 2.05) is 31.2 Å². The summed E-state index contributed by atoms with van der Waals surface area (Å²) in [5.41, 5.74) is 0.876. The smallest absolute Gasteiger partial charge is 0.261 e. The summed E-state index contributed by atoms with van der Waals surface area (Å²) in [6.07, 6.45) is 2.14. The van der Waals surface area contributed by atoms with Crippen LogP contribution >= 0.6 is 11.3 Å². The molecule has 6 heteroatoms. The molecule has 1 fully saturated rings. The molecule has 1 N–H and O–H groups in total. The molecule has 3 aromatic rings. The first-order valence-corrected chi connectivity index (χ1v) is 9.45. The average Bonchev–Trinajstić information content (AvgIpc) is 3.30. The second-order valence-corrected chi connectivity index (χ2v) is 7.32. The van der Waals surface area contributed by atoms with Crippen molar-refractivity contribution in [2.24, 2.45) is 0 Å². The first-order valence-electron chi connectivity index (χ1n) is 8.64. The number of hydrogen-bond acceptors (Lipinski definition) is 4. The standard InChI is InChI=1S/C19H20N2O3S/c1-2-21-15-8-4-3-7-13(15)17-14(19(21)23)10-16(25-17)18(22)20-11-12-6-5-9-24-12/h3-4,7-8,10,12H,2,5-6,9,11H2,1H3,(H,20,22)/t12-/m0/s1. The Morgan fingerprint density at radius 1 is 1.36 bits per heavy atom. The lowest BCUT2D eigenvalue weighted by atomic mass is 10.1. The minimum atomic E-state index is -0.136. The van der Waals surface area contributed by atoms with Gasteiger partial charge in [-0.25, -0.2) is 0 Å². The van der Waals surface area contributed by atoms with Crippen LogP contribution in [0, 0.1) is 0 Å². The van der Waals surface area contributed by atoms with Gasteiger partial charge in [-0.2, -0.15) is 0 Å². The van der Waals surface area contributed by atoms with E-state index in [9.17, 15) is 9.59 Å². The maximum absolute atomic E-state index is 12.8. The van der Waals surface area contributed by atoms with Gasteiger partial charge in [-0.3, -0.25) is 9.59 Å². The fourth-order valence-corrected chi connectivity index (χ4v) is 4.53. The predicted molar refractivity (Wildman–Crippen MR) is 101 cm³/mol. The first-order chi connectivity index (χ1) is 12.2. The van der Waals surface area contributed by atoms with E-state index in [0.29, 0.717) is 23.4 Å². The van der Waals surface area contributed by atoms with Crippen LogP contribution in [0.2, 0.25) is 0 Å². The molecule has 25 heavy (non-hydrogen) atoms. The molecule has 1 saturated heterocycles. The summed E-state index contributed by atoms with van der Waals surface area (Å²) >= 11 is 1.38. The molecule has 0 bridgehead atoms. The van der Waals surface area contributed by atoms with Crippen LogP contribution in [0.15, 0.2) is 35.1 Å². The van der Waals surface area contributed by atoms with Gasteiger partial charge >= 0.3 is 0 Å². The lowest BCUT2D eigenvalue weighted by Gasteiger charge is -2.09. The highest BCUT2D eigenvalue weighted by atomic mass is 32.1. The summed E-state index contributed by atoms with van der Waals surface area (Å²) in [7, 11) is 0. The molecule has 1 aromatic carbocycles. The molecular formula is C19H20N2O3S. The van der Waals surface area contributed by atoms with Crippen molar-refractivity contribution in [3.63, 3.8) is 0 Å². The van der Waals surface area contributed by atoms with Gasteiger partial charge in [-0.05, 0) is 31.9 Å². The molecule has 1 aliphatic heterocycles. The number of ether oxygens (including phenoxy) is 1. The number of pyridine rings is 1. The van der Waals surface area contributed by atoms with E-state index in [0.717, 1.165) is 35.1 Å². The Kier molecular flexibility index (Phi) is 4.31. The molecule has 3 heterocycles. The Balaban J connectivity index is 1.74. The van der Waals surface area contributed by atoms with E-state index in [1.54, 1.807) is 10.6 Å². The highest BCUT2D eigenvalue weighted by Gasteiger charge is 2.19. The lowest BCUT2D eigenvalue weighted by molar-refractivity contribution is 0.0861. The van der Waals surface area contributed by atoms with E-state index in [1.165, 1.54) is 11.3 Å². The van der Waals surface area contributed by atoms with Crippen LogP contribution in [-0.2, 0) is 11.3 Å². The summed E-state index contributed by atoms with van der Waals surface area (Å²) in [5.74, 6) is -0.136. The number of rotatable bonds is 4. The number of fused-ring (bicyclic) bond motifs is 3. The fourth-order valence-electron chi connectivity index (χ4n) is 3.43. The second kappa shape index (κ2) is 6.61. The third-order valence-corrected chi connectivity index (χ3v) is 5.87. The second-order valence-electron chi connectivity index (χ2n) is 6.27. The van der Waals surface area contributed by atoms with Gasteiger partial charge in [-0.1, -0.05) is 18.2 Å². The Hall–Kier alpha value is -2.18. The van der Waals surface area contributed by atoms with Crippen molar-refractivity contribution >= 4 is 38.2 Å². The zero-order valence-electron chi connectivity index (χ0n) is 14.1. The van der Waals surface area contributed by atoms with Crippen molar-refractivity contribution in [3.8, 4) is 0 Å². The number of benzene rings is 1. The van der Waals surface area contributed by atoms with Gasteiger partial charge in [0.1, 0.15) is 0 Å². The molecule has 0 unspecified atom stereocenters. The van der Waals surface area contributed by atoms with Crippen LogP contribution in [0.3, 0.4) is 0 Å². The number of thiophene rings is 1. The number of nitrogens with one attached hydrogen (secondary N) is 1. The quantitative estimate of drug-likeness (QED) is 0.781. The van der Waals surface area contributed by atoms with Crippen LogP contribution in [0.5, 0.6) is 0 Å². The van der Waals surface area contributed by atoms with Gasteiger partial charge in [-0.15, -0.1) is 11.3 Å². The molecule has 0 aliphatic carbocycles. The SMILES string of the molecule is CCn1c(=O)c2cc(C(=O)NC[C@@H]3CCCO3)sc2c2ccccc21. The predicted octanol–water partition coefficient (Wildman–Crippen LogP) is 3.14. The Morgan fingerprint density at radius 3 is 2.96 bits per heavy atom. The number of nitrogens with zero attached hydrogens (tertiary/aromatic N) is 1. The van der Waals surface area contributed by atoms with E-state index in [4.69, 9.17) is 4.74 Å². The zero-order chi connectivity index (χ0) is 17.4. The fraction of sp³-hybridized carbons (Fsp3) is 0.368. The normalized spacial score (nSPS) is 17.4. The van der Waals surface area contributed by atoms with Crippen LogP contribution in [0.1, 0.15) is 29.4 Å². The zero-order valence-corrected chi connectivity index (χ0v) is 14.9. The topological polar surface area (TPSA) is 60.3 Å². The molecule has 0 saturated carbocycles. The molecule has 1 atom stereocenters. The van der Waals surface area contributed by atoms with E-state index in [2.05, 4.69) is 5.32 Å². The van der Waals surface area contributed by atoms with Gasteiger partial charge in [0, 0.05) is 29.8 Å². The molecule has 0 spiro atoms. The van der Waals surface area contributed by atoms with E-state index >= 15 is 0 Å². The van der Waals surface area contributed by atoms with Crippen LogP contribution in [-0.4, -0.2) is 29.7 Å². The summed E-state index contributed by atoms with van der Waals surface area (Å²) in [6, 6.07) is 9.59. The first kappa shape index (κ1) is 16.3. The van der Waals surface area contributed by atoms with Gasteiger partial charge in [0.2, 0.25) is 0 Å². The molecule has 5 nitrogen and oxygen atoms in total. The number of carbonyl (C=O) groups excluding carboxylic acids is 1. The summed E-state index contributed by atoms with van der Waals surface area (Å²) < 4.78 is 8.18. The molecule has 0 radical (unpaired) electrons. The Labute approximate surface area is 149 Å². The monoisotopic (exact) mass is 356 g/mol. The molecule has 1 aliphatic rings. The highest BCUT2D eigenvalue weighted by Crippen LogP contribution is 2.30. The van der Waals surface area contributed by atoms with Crippen LogP contribution in [0.4, 0.5) is 0 Å². The van der Waals surface area contributed by atoms with Gasteiger partial charge in [0.25, 0.3) is 11.5 Å². The average molecular weight is 356 g/mol. The number of para-hydroxylation sites is 1. The van der Waals surface area contributed by atoms with Crippen molar-refractivity contribution in [3.05, 3.63) is 45.6 Å². The van der Waals surface area contributed by atoms with Gasteiger partial charge in [0.05, 0.1) is 21.9 Å². The van der Waals surface area contributed by atoms with E-state index in [-0.39, 0.29) is 17.6 Å². The van der Waals surface area contributed by atoms with Crippen molar-refractivity contribution in [1.29, 1.82) is 0 Å². The largest absolute Gasteiger partial charge is 0.376 e. The minimum absolute atomic E-state index is 0.0365.